The predicted molar refractivity (Wildman–Crippen MR) is 66.2 cm³/mol. The number of hydrogen-bond donors (Lipinski definition) is 2. The quantitative estimate of drug-likeness (QED) is 0.838. The Kier molecular flexibility index (Phi) is 3.57. The molecule has 0 saturated heterocycles. The van der Waals surface area contributed by atoms with E-state index in [0.717, 1.165) is 0 Å². The second-order valence-electron chi connectivity index (χ2n) is 4.63. The van der Waals surface area contributed by atoms with E-state index in [1.54, 1.807) is 38.2 Å². The van der Waals surface area contributed by atoms with Crippen LogP contribution in [0.5, 0.6) is 0 Å². The lowest BCUT2D eigenvalue weighted by Gasteiger charge is -2.21. The molecule has 0 unspecified atom stereocenters. The number of aromatic nitrogens is 3. The van der Waals surface area contributed by atoms with Gasteiger partial charge in [-0.25, -0.2) is 0 Å². The van der Waals surface area contributed by atoms with Gasteiger partial charge in [-0.1, -0.05) is 11.2 Å². The molecule has 0 radical (unpaired) electrons. The van der Waals surface area contributed by atoms with Crippen LogP contribution >= 0.6 is 0 Å². The van der Waals surface area contributed by atoms with Crippen LogP contribution in [-0.4, -0.2) is 38.3 Å². The SMILES string of the molecule is CC(C)(CO)NC(=O)c1nc(-c2ccccn2)no1. The Morgan fingerprint density at radius 3 is 2.89 bits per heavy atom. The molecule has 0 spiro atoms. The molecular formula is C12H14N4O3. The van der Waals surface area contributed by atoms with Crippen molar-refractivity contribution in [2.24, 2.45) is 0 Å². The zero-order valence-electron chi connectivity index (χ0n) is 10.6. The number of amides is 1. The highest BCUT2D eigenvalue weighted by Crippen LogP contribution is 2.12. The van der Waals surface area contributed by atoms with Crippen molar-refractivity contribution < 1.29 is 14.4 Å². The van der Waals surface area contributed by atoms with Crippen LogP contribution < -0.4 is 5.32 Å². The van der Waals surface area contributed by atoms with Gasteiger partial charge in [0.15, 0.2) is 0 Å². The summed E-state index contributed by atoms with van der Waals surface area (Å²) >= 11 is 0. The van der Waals surface area contributed by atoms with Crippen molar-refractivity contribution in [3.63, 3.8) is 0 Å². The minimum absolute atomic E-state index is 0.165. The van der Waals surface area contributed by atoms with Crippen molar-refractivity contribution in [1.82, 2.24) is 20.4 Å². The number of nitrogens with zero attached hydrogens (tertiary/aromatic N) is 3. The fourth-order valence-corrected chi connectivity index (χ4v) is 1.32. The summed E-state index contributed by atoms with van der Waals surface area (Å²) in [6.45, 7) is 3.17. The Balaban J connectivity index is 2.16. The first kappa shape index (κ1) is 13.2. The first-order valence-electron chi connectivity index (χ1n) is 5.70. The molecule has 2 rings (SSSR count). The highest BCUT2D eigenvalue weighted by molar-refractivity contribution is 5.90. The summed E-state index contributed by atoms with van der Waals surface area (Å²) in [6, 6.07) is 5.26. The highest BCUT2D eigenvalue weighted by Gasteiger charge is 2.24. The topological polar surface area (TPSA) is 101 Å². The molecule has 0 bridgehead atoms. The maximum atomic E-state index is 11.8. The van der Waals surface area contributed by atoms with E-state index in [-0.39, 0.29) is 18.3 Å². The van der Waals surface area contributed by atoms with Crippen molar-refractivity contribution in [3.05, 3.63) is 30.3 Å². The Hall–Kier alpha value is -2.28. The first-order valence-corrected chi connectivity index (χ1v) is 5.70. The van der Waals surface area contributed by atoms with Gasteiger partial charge >= 0.3 is 11.8 Å². The fourth-order valence-electron chi connectivity index (χ4n) is 1.32. The molecule has 2 heterocycles. The smallest absolute Gasteiger partial charge is 0.316 e. The normalized spacial score (nSPS) is 11.3. The van der Waals surface area contributed by atoms with Gasteiger partial charge in [0, 0.05) is 6.20 Å². The Morgan fingerprint density at radius 2 is 2.26 bits per heavy atom. The predicted octanol–water partition coefficient (Wildman–Crippen LogP) is 0.632. The number of hydrogen-bond acceptors (Lipinski definition) is 6. The number of nitrogens with one attached hydrogen (secondary N) is 1. The first-order chi connectivity index (χ1) is 9.02. The van der Waals surface area contributed by atoms with E-state index in [1.807, 2.05) is 0 Å². The third-order valence-electron chi connectivity index (χ3n) is 2.36. The second-order valence-corrected chi connectivity index (χ2v) is 4.63. The molecule has 0 fully saturated rings. The summed E-state index contributed by atoms with van der Waals surface area (Å²) in [5, 5.41) is 15.4. The molecule has 0 aliphatic heterocycles. The van der Waals surface area contributed by atoms with Crippen molar-refractivity contribution in [3.8, 4) is 11.5 Å². The molecule has 0 aliphatic rings. The van der Waals surface area contributed by atoms with E-state index in [2.05, 4.69) is 20.4 Å². The standard InChI is InChI=1S/C12H14N4O3/c1-12(2,7-17)15-10(18)11-14-9(16-19-11)8-5-3-4-6-13-8/h3-6,17H,7H2,1-2H3,(H,15,18). The van der Waals surface area contributed by atoms with Gasteiger partial charge in [-0.15, -0.1) is 0 Å². The molecule has 7 nitrogen and oxygen atoms in total. The maximum Gasteiger partial charge on any atom is 0.316 e. The second kappa shape index (κ2) is 5.15. The van der Waals surface area contributed by atoms with Crippen LogP contribution in [0.25, 0.3) is 11.5 Å². The molecule has 2 N–H and O–H groups in total. The zero-order valence-corrected chi connectivity index (χ0v) is 10.6. The van der Waals surface area contributed by atoms with Gasteiger partial charge in [-0.2, -0.15) is 4.98 Å². The van der Waals surface area contributed by atoms with E-state index in [1.165, 1.54) is 0 Å². The molecule has 19 heavy (non-hydrogen) atoms. The highest BCUT2D eigenvalue weighted by atomic mass is 16.5. The minimum Gasteiger partial charge on any atom is -0.394 e. The van der Waals surface area contributed by atoms with Crippen LogP contribution in [0.4, 0.5) is 0 Å². The largest absolute Gasteiger partial charge is 0.394 e. The fraction of sp³-hybridized carbons (Fsp3) is 0.333. The third-order valence-corrected chi connectivity index (χ3v) is 2.36. The van der Waals surface area contributed by atoms with Gasteiger partial charge in [-0.3, -0.25) is 9.78 Å². The van der Waals surface area contributed by atoms with Crippen LogP contribution in [0, 0.1) is 0 Å². The number of carbonyl (C=O) groups is 1. The van der Waals surface area contributed by atoms with E-state index in [4.69, 9.17) is 9.63 Å². The van der Waals surface area contributed by atoms with Gasteiger partial charge in [0.1, 0.15) is 5.69 Å². The molecule has 100 valence electrons. The maximum absolute atomic E-state index is 11.8. The summed E-state index contributed by atoms with van der Waals surface area (Å²) < 4.78 is 4.88. The van der Waals surface area contributed by atoms with Crippen molar-refractivity contribution in [2.75, 3.05) is 6.61 Å². The monoisotopic (exact) mass is 262 g/mol. The Bertz CT molecular complexity index is 565. The molecule has 2 aromatic heterocycles. The van der Waals surface area contributed by atoms with E-state index >= 15 is 0 Å². The number of aliphatic hydroxyl groups excluding tert-OH is 1. The van der Waals surface area contributed by atoms with Gasteiger partial charge in [0.25, 0.3) is 0 Å². The summed E-state index contributed by atoms with van der Waals surface area (Å²) in [5.74, 6) is -0.455. The molecular weight excluding hydrogens is 248 g/mol. The summed E-state index contributed by atoms with van der Waals surface area (Å²) in [6.07, 6.45) is 1.60. The summed E-state index contributed by atoms with van der Waals surface area (Å²) in [4.78, 5) is 19.8. The minimum atomic E-state index is -0.753. The van der Waals surface area contributed by atoms with Crippen LogP contribution in [0.2, 0.25) is 0 Å². The summed E-state index contributed by atoms with van der Waals surface area (Å²) in [7, 11) is 0. The number of aliphatic hydroxyl groups is 1. The molecule has 0 saturated carbocycles. The zero-order chi connectivity index (χ0) is 13.9. The van der Waals surface area contributed by atoms with Crippen LogP contribution in [0.15, 0.2) is 28.9 Å². The molecule has 1 amide bonds. The van der Waals surface area contributed by atoms with Crippen molar-refractivity contribution in [1.29, 1.82) is 0 Å². The average molecular weight is 262 g/mol. The van der Waals surface area contributed by atoms with Crippen LogP contribution in [-0.2, 0) is 0 Å². The van der Waals surface area contributed by atoms with Crippen molar-refractivity contribution in [2.45, 2.75) is 19.4 Å². The molecule has 0 atom stereocenters. The Morgan fingerprint density at radius 1 is 1.47 bits per heavy atom. The van der Waals surface area contributed by atoms with Gasteiger partial charge in [0.2, 0.25) is 5.82 Å². The van der Waals surface area contributed by atoms with Gasteiger partial charge in [0.05, 0.1) is 12.1 Å². The molecule has 0 aromatic carbocycles. The van der Waals surface area contributed by atoms with E-state index in [9.17, 15) is 4.79 Å². The Labute approximate surface area is 109 Å². The molecule has 7 heteroatoms. The summed E-state index contributed by atoms with van der Waals surface area (Å²) in [5.41, 5.74) is -0.233. The van der Waals surface area contributed by atoms with Crippen LogP contribution in [0.1, 0.15) is 24.5 Å². The van der Waals surface area contributed by atoms with Crippen LogP contribution in [0.3, 0.4) is 0 Å². The number of carbonyl (C=O) groups excluding carboxylic acids is 1. The lowest BCUT2D eigenvalue weighted by atomic mass is 10.1. The lowest BCUT2D eigenvalue weighted by Crippen LogP contribution is -2.46. The van der Waals surface area contributed by atoms with E-state index in [0.29, 0.717) is 5.69 Å². The molecule has 0 aliphatic carbocycles. The van der Waals surface area contributed by atoms with Gasteiger partial charge in [-0.05, 0) is 26.0 Å². The number of rotatable bonds is 4. The third kappa shape index (κ3) is 3.14. The molecule has 2 aromatic rings. The average Bonchev–Trinajstić information content (AvgIpc) is 2.89. The number of pyridine rings is 1. The lowest BCUT2D eigenvalue weighted by molar-refractivity contribution is 0.0825. The van der Waals surface area contributed by atoms with Crippen molar-refractivity contribution >= 4 is 5.91 Å². The van der Waals surface area contributed by atoms with E-state index < -0.39 is 11.4 Å². The van der Waals surface area contributed by atoms with Gasteiger partial charge < -0.3 is 14.9 Å².